The average molecular weight is 321 g/mol. The minimum absolute atomic E-state index is 0.569. The van der Waals surface area contributed by atoms with E-state index < -0.39 is 6.09 Å². The van der Waals surface area contributed by atoms with E-state index in [0.717, 1.165) is 26.9 Å². The lowest BCUT2D eigenvalue weighted by atomic mass is 9.98. The fourth-order valence-electron chi connectivity index (χ4n) is 3.33. The Morgan fingerprint density at radius 3 is 2.42 bits per heavy atom. The standard InChI is InChI=1S/C19H15NO4/c1-23-15-10-14-12-6-4-3-5-11(12)9-16(24-2)17(14)18-13(15)7-8-20(18)19(21)22/h3-10H,1-2H3,(H,21,22). The molecule has 24 heavy (non-hydrogen) atoms. The molecule has 4 aromatic rings. The molecule has 0 saturated heterocycles. The molecule has 0 bridgehead atoms. The zero-order valence-electron chi connectivity index (χ0n) is 13.2. The normalized spacial score (nSPS) is 11.2. The molecule has 4 rings (SSSR count). The van der Waals surface area contributed by atoms with Crippen LogP contribution in [0.15, 0.2) is 48.7 Å². The molecule has 0 amide bonds. The molecule has 1 aromatic heterocycles. The van der Waals surface area contributed by atoms with Crippen molar-refractivity contribution in [2.45, 2.75) is 0 Å². The Balaban J connectivity index is 2.35. The number of fused-ring (bicyclic) bond motifs is 5. The summed E-state index contributed by atoms with van der Waals surface area (Å²) in [5.41, 5.74) is 0.569. The van der Waals surface area contributed by atoms with Crippen molar-refractivity contribution in [3.8, 4) is 11.5 Å². The smallest absolute Gasteiger partial charge is 0.416 e. The SMILES string of the molecule is COc1cc2c3ccccc3cc(OC)c2c2c1ccn2C(=O)O. The van der Waals surface area contributed by atoms with Gasteiger partial charge in [-0.15, -0.1) is 0 Å². The minimum atomic E-state index is -1.05. The van der Waals surface area contributed by atoms with Crippen LogP contribution in [0.25, 0.3) is 32.4 Å². The summed E-state index contributed by atoms with van der Waals surface area (Å²) in [6.07, 6.45) is 0.485. The highest BCUT2D eigenvalue weighted by Crippen LogP contribution is 2.42. The average Bonchev–Trinajstić information content (AvgIpc) is 3.05. The molecule has 3 aromatic carbocycles. The topological polar surface area (TPSA) is 60.7 Å². The Kier molecular flexibility index (Phi) is 3.09. The van der Waals surface area contributed by atoms with Crippen molar-refractivity contribution >= 4 is 38.5 Å². The first kappa shape index (κ1) is 14.4. The molecule has 0 aliphatic carbocycles. The molecule has 0 unspecified atom stereocenters. The third-order valence-corrected chi connectivity index (χ3v) is 4.36. The van der Waals surface area contributed by atoms with E-state index in [2.05, 4.69) is 0 Å². The van der Waals surface area contributed by atoms with Crippen LogP contribution in [0.3, 0.4) is 0 Å². The molecule has 1 N–H and O–H groups in total. The summed E-state index contributed by atoms with van der Waals surface area (Å²) in [6, 6.07) is 13.6. The molecule has 0 radical (unpaired) electrons. The fraction of sp³-hybridized carbons (Fsp3) is 0.105. The quantitative estimate of drug-likeness (QED) is 0.553. The summed E-state index contributed by atoms with van der Waals surface area (Å²) >= 11 is 0. The van der Waals surface area contributed by atoms with Crippen LogP contribution in [-0.4, -0.2) is 30.0 Å². The third-order valence-electron chi connectivity index (χ3n) is 4.36. The monoisotopic (exact) mass is 321 g/mol. The van der Waals surface area contributed by atoms with Crippen LogP contribution in [0, 0.1) is 0 Å². The Labute approximate surface area is 137 Å². The summed E-state index contributed by atoms with van der Waals surface area (Å²) in [5, 5.41) is 14.0. The predicted molar refractivity (Wildman–Crippen MR) is 93.5 cm³/mol. The molecule has 0 atom stereocenters. The van der Waals surface area contributed by atoms with Gasteiger partial charge in [0.1, 0.15) is 11.5 Å². The van der Waals surface area contributed by atoms with Gasteiger partial charge < -0.3 is 14.6 Å². The first-order valence-corrected chi connectivity index (χ1v) is 7.46. The molecule has 1 heterocycles. The van der Waals surface area contributed by atoms with Gasteiger partial charge in [0.05, 0.1) is 19.7 Å². The van der Waals surface area contributed by atoms with Crippen LogP contribution in [-0.2, 0) is 0 Å². The first-order chi connectivity index (χ1) is 11.7. The number of hydrogen-bond donors (Lipinski definition) is 1. The summed E-state index contributed by atoms with van der Waals surface area (Å²) in [5.74, 6) is 1.27. The minimum Gasteiger partial charge on any atom is -0.496 e. The van der Waals surface area contributed by atoms with Crippen LogP contribution in [0.4, 0.5) is 4.79 Å². The summed E-state index contributed by atoms with van der Waals surface area (Å²) in [6.45, 7) is 0. The third kappa shape index (κ3) is 1.84. The van der Waals surface area contributed by atoms with Crippen LogP contribution in [0.5, 0.6) is 11.5 Å². The van der Waals surface area contributed by atoms with Crippen molar-refractivity contribution in [3.63, 3.8) is 0 Å². The molecular formula is C19H15NO4. The Morgan fingerprint density at radius 2 is 1.71 bits per heavy atom. The van der Waals surface area contributed by atoms with E-state index in [4.69, 9.17) is 9.47 Å². The highest BCUT2D eigenvalue weighted by atomic mass is 16.5. The van der Waals surface area contributed by atoms with Crippen molar-refractivity contribution in [3.05, 3.63) is 48.7 Å². The molecule has 5 heteroatoms. The van der Waals surface area contributed by atoms with Crippen molar-refractivity contribution in [1.82, 2.24) is 4.57 Å². The molecule has 0 aliphatic rings. The van der Waals surface area contributed by atoms with Crippen LogP contribution < -0.4 is 9.47 Å². The van der Waals surface area contributed by atoms with Gasteiger partial charge in [-0.3, -0.25) is 4.57 Å². The van der Waals surface area contributed by atoms with E-state index >= 15 is 0 Å². The van der Waals surface area contributed by atoms with E-state index in [1.807, 2.05) is 36.4 Å². The molecule has 0 aliphatic heterocycles. The van der Waals surface area contributed by atoms with Crippen molar-refractivity contribution in [2.75, 3.05) is 14.2 Å². The highest BCUT2D eigenvalue weighted by molar-refractivity contribution is 6.21. The number of nitrogens with zero attached hydrogens (tertiary/aromatic N) is 1. The highest BCUT2D eigenvalue weighted by Gasteiger charge is 2.19. The first-order valence-electron chi connectivity index (χ1n) is 7.46. The molecular weight excluding hydrogens is 306 g/mol. The second-order valence-corrected chi connectivity index (χ2v) is 5.53. The van der Waals surface area contributed by atoms with Crippen LogP contribution >= 0.6 is 0 Å². The maximum Gasteiger partial charge on any atom is 0.416 e. The van der Waals surface area contributed by atoms with E-state index in [0.29, 0.717) is 17.0 Å². The van der Waals surface area contributed by atoms with Crippen LogP contribution in [0.1, 0.15) is 0 Å². The van der Waals surface area contributed by atoms with E-state index in [1.54, 1.807) is 20.3 Å². The van der Waals surface area contributed by atoms with Gasteiger partial charge in [0.2, 0.25) is 0 Å². The lowest BCUT2D eigenvalue weighted by Gasteiger charge is -2.14. The maximum absolute atomic E-state index is 11.7. The van der Waals surface area contributed by atoms with Crippen LogP contribution in [0.2, 0.25) is 0 Å². The van der Waals surface area contributed by atoms with Crippen molar-refractivity contribution in [1.29, 1.82) is 0 Å². The number of ether oxygens (including phenoxy) is 2. The Morgan fingerprint density at radius 1 is 0.958 bits per heavy atom. The number of hydrogen-bond acceptors (Lipinski definition) is 3. The number of methoxy groups -OCH3 is 2. The summed E-state index contributed by atoms with van der Waals surface area (Å²) in [4.78, 5) is 11.7. The van der Waals surface area contributed by atoms with Crippen molar-refractivity contribution < 1.29 is 19.4 Å². The Bertz CT molecular complexity index is 1110. The van der Waals surface area contributed by atoms with Gasteiger partial charge in [0, 0.05) is 17.0 Å². The van der Waals surface area contributed by atoms with Gasteiger partial charge in [-0.25, -0.2) is 4.79 Å². The molecule has 5 nitrogen and oxygen atoms in total. The molecule has 120 valence electrons. The number of rotatable bonds is 2. The summed E-state index contributed by atoms with van der Waals surface area (Å²) < 4.78 is 12.3. The molecule has 0 spiro atoms. The Hall–Kier alpha value is -3.21. The van der Waals surface area contributed by atoms with Gasteiger partial charge in [0.15, 0.2) is 0 Å². The van der Waals surface area contributed by atoms with Gasteiger partial charge >= 0.3 is 6.09 Å². The van der Waals surface area contributed by atoms with E-state index in [9.17, 15) is 9.90 Å². The van der Waals surface area contributed by atoms with Crippen molar-refractivity contribution in [2.24, 2.45) is 0 Å². The molecule has 0 saturated carbocycles. The second kappa shape index (κ2) is 5.16. The number of benzene rings is 3. The fourth-order valence-corrected chi connectivity index (χ4v) is 3.33. The zero-order valence-corrected chi connectivity index (χ0v) is 13.2. The number of aromatic nitrogens is 1. The number of carboxylic acid groups (broad SMARTS) is 1. The zero-order chi connectivity index (χ0) is 16.8. The van der Waals surface area contributed by atoms with E-state index in [-0.39, 0.29) is 0 Å². The summed E-state index contributed by atoms with van der Waals surface area (Å²) in [7, 11) is 3.18. The van der Waals surface area contributed by atoms with Gasteiger partial charge in [0.25, 0.3) is 0 Å². The lowest BCUT2D eigenvalue weighted by molar-refractivity contribution is 0.197. The lowest BCUT2D eigenvalue weighted by Crippen LogP contribution is -2.06. The second-order valence-electron chi connectivity index (χ2n) is 5.53. The largest absolute Gasteiger partial charge is 0.496 e. The van der Waals surface area contributed by atoms with E-state index in [1.165, 1.54) is 10.8 Å². The van der Waals surface area contributed by atoms with Gasteiger partial charge in [-0.1, -0.05) is 24.3 Å². The predicted octanol–water partition coefficient (Wildman–Crippen LogP) is 4.49. The van der Waals surface area contributed by atoms with Gasteiger partial charge in [-0.05, 0) is 34.4 Å². The maximum atomic E-state index is 11.7. The van der Waals surface area contributed by atoms with Gasteiger partial charge in [-0.2, -0.15) is 0 Å². The molecule has 0 fully saturated rings. The number of carbonyl (C=O) groups is 1.